The lowest BCUT2D eigenvalue weighted by atomic mass is 10.2. The highest BCUT2D eigenvalue weighted by molar-refractivity contribution is 7.92. The van der Waals surface area contributed by atoms with Gasteiger partial charge in [-0.15, -0.1) is 0 Å². The predicted molar refractivity (Wildman–Crippen MR) is 124 cm³/mol. The van der Waals surface area contributed by atoms with Gasteiger partial charge < -0.3 is 9.84 Å². The van der Waals surface area contributed by atoms with Crippen molar-refractivity contribution in [3.05, 3.63) is 97.2 Å². The molecule has 2 N–H and O–H groups in total. The number of sulfonamides is 1. The number of nitrogens with one attached hydrogen (secondary N) is 1. The van der Waals surface area contributed by atoms with Crippen molar-refractivity contribution < 1.29 is 18.3 Å². The van der Waals surface area contributed by atoms with E-state index in [4.69, 9.17) is 4.74 Å². The molecule has 0 amide bonds. The number of aromatic nitrogens is 1. The third-order valence-electron chi connectivity index (χ3n) is 4.73. The molecule has 0 bridgehead atoms. The molecule has 4 aromatic rings. The first-order valence-corrected chi connectivity index (χ1v) is 11.2. The van der Waals surface area contributed by atoms with Crippen LogP contribution < -0.4 is 14.4 Å². The minimum absolute atomic E-state index is 0.101. The standard InChI is InChI=1S/C24H21N3O4S/c1-31-21-13-15-22(16-14-21)32(29,30)26-23-8-5-17-25-24(23)27(18-6-3-2-4-7-18)19-9-11-20(28)12-10-19/h2-17,26,28H,1H3. The lowest BCUT2D eigenvalue weighted by molar-refractivity contribution is 0.414. The number of methoxy groups -OCH3 is 1. The van der Waals surface area contributed by atoms with E-state index in [0.717, 1.165) is 5.69 Å². The van der Waals surface area contributed by atoms with Gasteiger partial charge in [0, 0.05) is 17.6 Å². The van der Waals surface area contributed by atoms with E-state index >= 15 is 0 Å². The Bertz CT molecular complexity index is 1290. The smallest absolute Gasteiger partial charge is 0.262 e. The zero-order valence-corrected chi connectivity index (χ0v) is 18.0. The third-order valence-corrected chi connectivity index (χ3v) is 6.12. The van der Waals surface area contributed by atoms with Gasteiger partial charge in [-0.1, -0.05) is 18.2 Å². The van der Waals surface area contributed by atoms with Crippen LogP contribution in [0.1, 0.15) is 0 Å². The molecule has 0 saturated carbocycles. The molecule has 1 aromatic heterocycles. The van der Waals surface area contributed by atoms with Gasteiger partial charge >= 0.3 is 0 Å². The zero-order chi connectivity index (χ0) is 22.6. The molecule has 0 atom stereocenters. The topological polar surface area (TPSA) is 91.8 Å². The van der Waals surface area contributed by atoms with Crippen LogP contribution in [0.5, 0.6) is 11.5 Å². The van der Waals surface area contributed by atoms with Crippen LogP contribution in [0, 0.1) is 0 Å². The van der Waals surface area contributed by atoms with Gasteiger partial charge in [-0.05, 0) is 72.8 Å². The maximum absolute atomic E-state index is 13.1. The van der Waals surface area contributed by atoms with Gasteiger partial charge in [-0.3, -0.25) is 9.62 Å². The molecule has 0 fully saturated rings. The van der Waals surface area contributed by atoms with Crippen LogP contribution in [0.15, 0.2) is 102 Å². The molecule has 8 heteroatoms. The summed E-state index contributed by atoms with van der Waals surface area (Å²) in [5.74, 6) is 1.08. The first-order chi connectivity index (χ1) is 15.5. The Morgan fingerprint density at radius 2 is 1.50 bits per heavy atom. The van der Waals surface area contributed by atoms with Crippen LogP contribution in [0.3, 0.4) is 0 Å². The largest absolute Gasteiger partial charge is 0.508 e. The fourth-order valence-corrected chi connectivity index (χ4v) is 4.25. The van der Waals surface area contributed by atoms with Crippen molar-refractivity contribution in [2.75, 3.05) is 16.7 Å². The van der Waals surface area contributed by atoms with E-state index in [0.29, 0.717) is 22.9 Å². The van der Waals surface area contributed by atoms with Gasteiger partial charge in [-0.25, -0.2) is 13.4 Å². The lowest BCUT2D eigenvalue weighted by Crippen LogP contribution is -2.18. The molecule has 0 aliphatic heterocycles. The minimum Gasteiger partial charge on any atom is -0.508 e. The van der Waals surface area contributed by atoms with E-state index in [1.54, 1.807) is 54.7 Å². The van der Waals surface area contributed by atoms with E-state index in [1.165, 1.54) is 19.2 Å². The Kier molecular flexibility index (Phi) is 5.96. The van der Waals surface area contributed by atoms with E-state index in [1.807, 2.05) is 35.2 Å². The summed E-state index contributed by atoms with van der Waals surface area (Å²) in [6, 6.07) is 25.5. The molecule has 32 heavy (non-hydrogen) atoms. The van der Waals surface area contributed by atoms with Crippen molar-refractivity contribution in [2.45, 2.75) is 4.90 Å². The summed E-state index contributed by atoms with van der Waals surface area (Å²) < 4.78 is 33.9. The summed E-state index contributed by atoms with van der Waals surface area (Å²) in [6.45, 7) is 0. The average molecular weight is 448 g/mol. The monoisotopic (exact) mass is 447 g/mol. The van der Waals surface area contributed by atoms with Crippen molar-refractivity contribution in [2.24, 2.45) is 0 Å². The summed E-state index contributed by atoms with van der Waals surface area (Å²) in [5, 5.41) is 9.72. The quantitative estimate of drug-likeness (QED) is 0.411. The van der Waals surface area contributed by atoms with Gasteiger partial charge in [0.05, 0.1) is 17.7 Å². The predicted octanol–water partition coefficient (Wildman–Crippen LogP) is 5.07. The number of pyridine rings is 1. The lowest BCUT2D eigenvalue weighted by Gasteiger charge is -2.26. The molecule has 0 unspecified atom stereocenters. The van der Waals surface area contributed by atoms with Crippen LogP contribution in [0.2, 0.25) is 0 Å². The highest BCUT2D eigenvalue weighted by Crippen LogP contribution is 2.38. The summed E-state index contributed by atoms with van der Waals surface area (Å²) in [7, 11) is -2.36. The van der Waals surface area contributed by atoms with Crippen LogP contribution >= 0.6 is 0 Å². The van der Waals surface area contributed by atoms with Crippen LogP contribution in [0.4, 0.5) is 22.9 Å². The molecular formula is C24H21N3O4S. The summed E-state index contributed by atoms with van der Waals surface area (Å²) >= 11 is 0. The molecule has 1 heterocycles. The fourth-order valence-electron chi connectivity index (χ4n) is 3.19. The Hall–Kier alpha value is -4.04. The second-order valence-corrected chi connectivity index (χ2v) is 8.53. The highest BCUT2D eigenvalue weighted by Gasteiger charge is 2.21. The molecule has 0 spiro atoms. The average Bonchev–Trinajstić information content (AvgIpc) is 2.82. The van der Waals surface area contributed by atoms with Crippen molar-refractivity contribution >= 4 is 32.9 Å². The fraction of sp³-hybridized carbons (Fsp3) is 0.0417. The van der Waals surface area contributed by atoms with E-state index in [2.05, 4.69) is 9.71 Å². The molecule has 0 radical (unpaired) electrons. The van der Waals surface area contributed by atoms with Crippen LogP contribution in [0.25, 0.3) is 0 Å². The number of anilines is 4. The molecule has 3 aromatic carbocycles. The SMILES string of the molecule is COc1ccc(S(=O)(=O)Nc2cccnc2N(c2ccccc2)c2ccc(O)cc2)cc1. The number of aromatic hydroxyl groups is 1. The molecule has 0 saturated heterocycles. The second kappa shape index (κ2) is 8.99. The molecular weight excluding hydrogens is 426 g/mol. The summed E-state index contributed by atoms with van der Waals surface area (Å²) in [4.78, 5) is 6.39. The number of nitrogens with zero attached hydrogens (tertiary/aromatic N) is 2. The van der Waals surface area contributed by atoms with Crippen molar-refractivity contribution in [3.63, 3.8) is 0 Å². The molecule has 7 nitrogen and oxygen atoms in total. The van der Waals surface area contributed by atoms with Crippen LogP contribution in [-0.4, -0.2) is 25.6 Å². The number of para-hydroxylation sites is 1. The first-order valence-electron chi connectivity index (χ1n) is 9.74. The summed E-state index contributed by atoms with van der Waals surface area (Å²) in [5.41, 5.74) is 1.79. The Balaban J connectivity index is 1.78. The Morgan fingerprint density at radius 1 is 0.844 bits per heavy atom. The maximum atomic E-state index is 13.1. The Labute approximate surface area is 186 Å². The van der Waals surface area contributed by atoms with Gasteiger partial charge in [0.15, 0.2) is 5.82 Å². The number of hydrogen-bond donors (Lipinski definition) is 2. The van der Waals surface area contributed by atoms with E-state index in [9.17, 15) is 13.5 Å². The molecule has 162 valence electrons. The van der Waals surface area contributed by atoms with Crippen molar-refractivity contribution in [1.82, 2.24) is 4.98 Å². The number of phenolic OH excluding ortho intramolecular Hbond substituents is 1. The van der Waals surface area contributed by atoms with E-state index < -0.39 is 10.0 Å². The maximum Gasteiger partial charge on any atom is 0.262 e. The highest BCUT2D eigenvalue weighted by atomic mass is 32.2. The molecule has 4 rings (SSSR count). The molecule has 0 aliphatic rings. The number of hydrogen-bond acceptors (Lipinski definition) is 6. The number of rotatable bonds is 7. The minimum atomic E-state index is -3.88. The number of phenols is 1. The van der Waals surface area contributed by atoms with Crippen molar-refractivity contribution in [1.29, 1.82) is 0 Å². The number of benzene rings is 3. The molecule has 0 aliphatic carbocycles. The van der Waals surface area contributed by atoms with Gasteiger partial charge in [0.25, 0.3) is 10.0 Å². The van der Waals surface area contributed by atoms with Crippen LogP contribution in [-0.2, 0) is 10.0 Å². The van der Waals surface area contributed by atoms with Gasteiger partial charge in [0.2, 0.25) is 0 Å². The van der Waals surface area contributed by atoms with Gasteiger partial charge in [0.1, 0.15) is 11.5 Å². The summed E-state index contributed by atoms with van der Waals surface area (Å²) in [6.07, 6.45) is 1.59. The van der Waals surface area contributed by atoms with E-state index in [-0.39, 0.29) is 10.6 Å². The van der Waals surface area contributed by atoms with Gasteiger partial charge in [-0.2, -0.15) is 0 Å². The van der Waals surface area contributed by atoms with Crippen molar-refractivity contribution in [3.8, 4) is 11.5 Å². The third kappa shape index (κ3) is 4.50. The Morgan fingerprint density at radius 3 is 2.16 bits per heavy atom. The zero-order valence-electron chi connectivity index (χ0n) is 17.2. The number of ether oxygens (including phenoxy) is 1. The normalized spacial score (nSPS) is 11.0. The second-order valence-electron chi connectivity index (χ2n) is 6.84. The first kappa shape index (κ1) is 21.2.